The molecule has 8 nitrogen and oxygen atoms in total. The van der Waals surface area contributed by atoms with Gasteiger partial charge in [-0.2, -0.15) is 5.06 Å². The van der Waals surface area contributed by atoms with E-state index in [1.165, 1.54) is 22.4 Å². The number of hydrogen-bond acceptors (Lipinski definition) is 8. The third-order valence-electron chi connectivity index (χ3n) is 12.2. The van der Waals surface area contributed by atoms with Gasteiger partial charge in [0.25, 0.3) is 0 Å². The van der Waals surface area contributed by atoms with Crippen molar-refractivity contribution < 1.29 is 19.8 Å². The predicted molar refractivity (Wildman–Crippen MR) is 203 cm³/mol. The van der Waals surface area contributed by atoms with Gasteiger partial charge in [-0.3, -0.25) is 14.5 Å². The molecule has 1 aliphatic heterocycles. The molecule has 0 spiro atoms. The lowest BCUT2D eigenvalue weighted by Gasteiger charge is -2.62. The van der Waals surface area contributed by atoms with Crippen molar-refractivity contribution in [1.29, 1.82) is 0 Å². The van der Waals surface area contributed by atoms with E-state index in [9.17, 15) is 15.0 Å². The van der Waals surface area contributed by atoms with Crippen molar-refractivity contribution in [3.8, 4) is 0 Å². The number of aliphatic hydroxyl groups excluding tert-OH is 2. The van der Waals surface area contributed by atoms with Crippen LogP contribution in [0.2, 0.25) is 0 Å². The van der Waals surface area contributed by atoms with Crippen LogP contribution in [0.25, 0.3) is 0 Å². The van der Waals surface area contributed by atoms with Crippen LogP contribution >= 0.6 is 11.8 Å². The Balaban J connectivity index is 1.37. The van der Waals surface area contributed by atoms with Crippen LogP contribution in [0.5, 0.6) is 0 Å². The van der Waals surface area contributed by atoms with Crippen molar-refractivity contribution in [2.75, 3.05) is 33.5 Å². The summed E-state index contributed by atoms with van der Waals surface area (Å²) in [5.74, 6) is 1.53. The van der Waals surface area contributed by atoms with E-state index in [0.717, 1.165) is 38.0 Å². The molecule has 9 atom stereocenters. The number of thioether (sulfide) groups is 1. The average molecular weight is 709 g/mol. The number of fused-ring (bicyclic) bond motifs is 2. The Morgan fingerprint density at radius 3 is 2.42 bits per heavy atom. The summed E-state index contributed by atoms with van der Waals surface area (Å²) in [6.07, 6.45) is 4.00. The molecule has 3 saturated carbocycles. The summed E-state index contributed by atoms with van der Waals surface area (Å²) in [5, 5.41) is 26.3. The Bertz CT molecular complexity index is 1410. The van der Waals surface area contributed by atoms with E-state index in [-0.39, 0.29) is 18.6 Å². The molecule has 6 rings (SSSR count). The molecule has 1 amide bonds. The summed E-state index contributed by atoms with van der Waals surface area (Å²) in [7, 11) is 4.31. The first-order valence-electron chi connectivity index (χ1n) is 18.8. The highest BCUT2D eigenvalue weighted by molar-refractivity contribution is 7.98. The van der Waals surface area contributed by atoms with Gasteiger partial charge in [-0.05, 0) is 98.4 Å². The molecule has 4 fully saturated rings. The minimum atomic E-state index is -0.817. The quantitative estimate of drug-likeness (QED) is 0.182. The second-order valence-corrected chi connectivity index (χ2v) is 17.7. The van der Waals surface area contributed by atoms with Crippen molar-refractivity contribution in [2.45, 2.75) is 116 Å². The minimum absolute atomic E-state index is 0.107. The molecule has 0 unspecified atom stereocenters. The number of hydroxylamine groups is 2. The lowest BCUT2D eigenvalue weighted by Crippen LogP contribution is -2.62. The van der Waals surface area contributed by atoms with Crippen LogP contribution in [0.1, 0.15) is 77.5 Å². The first-order valence-corrected chi connectivity index (χ1v) is 20.1. The van der Waals surface area contributed by atoms with Crippen LogP contribution < -0.4 is 5.32 Å². The van der Waals surface area contributed by atoms with Crippen molar-refractivity contribution in [2.24, 2.45) is 35.0 Å². The van der Waals surface area contributed by atoms with Crippen LogP contribution in [0.15, 0.2) is 53.4 Å². The van der Waals surface area contributed by atoms with Gasteiger partial charge in [0.15, 0.2) is 0 Å². The lowest BCUT2D eigenvalue weighted by atomic mass is 9.45. The fourth-order valence-electron chi connectivity index (χ4n) is 9.40. The van der Waals surface area contributed by atoms with E-state index < -0.39 is 24.2 Å². The molecule has 9 heteroatoms. The highest BCUT2D eigenvalue weighted by Gasteiger charge is 2.57. The zero-order valence-corrected chi connectivity index (χ0v) is 32.8. The Labute approximate surface area is 306 Å². The third-order valence-corrected chi connectivity index (χ3v) is 13.0. The SMILES string of the molecule is CSc1ccccc1CN(Cc1cccc(CN2O[C@@H](CO)[C@@H]([C@H](C)O)[C@H]2C(=O)N[C@H]2C[C@@H]3C[C@@H]([C@H]2C)C3(C)C)c1)[C@@H](CC(C)C)CN(C)C. The van der Waals surface area contributed by atoms with Crippen LogP contribution in [-0.2, 0) is 29.3 Å². The zero-order valence-electron chi connectivity index (χ0n) is 32.0. The van der Waals surface area contributed by atoms with Crippen molar-refractivity contribution >= 4 is 17.7 Å². The monoisotopic (exact) mass is 708 g/mol. The van der Waals surface area contributed by atoms with Gasteiger partial charge in [-0.15, -0.1) is 11.8 Å². The van der Waals surface area contributed by atoms with Gasteiger partial charge >= 0.3 is 0 Å². The van der Waals surface area contributed by atoms with E-state index >= 15 is 0 Å². The molecule has 3 aliphatic carbocycles. The number of amides is 1. The number of aliphatic hydroxyl groups is 2. The first-order chi connectivity index (χ1) is 23.7. The third kappa shape index (κ3) is 8.79. The van der Waals surface area contributed by atoms with E-state index in [2.05, 4.69) is 119 Å². The summed E-state index contributed by atoms with van der Waals surface area (Å²) in [5.41, 5.74) is 3.92. The molecule has 50 heavy (non-hydrogen) atoms. The maximum atomic E-state index is 14.2. The normalized spacial score (nSPS) is 29.0. The van der Waals surface area contributed by atoms with Gasteiger partial charge in [-0.1, -0.05) is 77.1 Å². The number of hydrogen-bond donors (Lipinski definition) is 3. The first kappa shape index (κ1) is 39.2. The number of benzene rings is 2. The topological polar surface area (TPSA) is 88.5 Å². The lowest BCUT2D eigenvalue weighted by molar-refractivity contribution is -0.183. The summed E-state index contributed by atoms with van der Waals surface area (Å²) in [6, 6.07) is 17.1. The summed E-state index contributed by atoms with van der Waals surface area (Å²) < 4.78 is 0. The zero-order chi connectivity index (χ0) is 36.3. The van der Waals surface area contributed by atoms with Crippen LogP contribution in [0.4, 0.5) is 0 Å². The Morgan fingerprint density at radius 1 is 1.08 bits per heavy atom. The van der Waals surface area contributed by atoms with Crippen LogP contribution in [0.3, 0.4) is 0 Å². The molecule has 4 aliphatic rings. The van der Waals surface area contributed by atoms with Crippen molar-refractivity contribution in [1.82, 2.24) is 20.2 Å². The molecule has 278 valence electrons. The summed E-state index contributed by atoms with van der Waals surface area (Å²) >= 11 is 1.80. The summed E-state index contributed by atoms with van der Waals surface area (Å²) in [6.45, 7) is 16.1. The molecule has 2 aromatic carbocycles. The largest absolute Gasteiger partial charge is 0.394 e. The predicted octanol–water partition coefficient (Wildman–Crippen LogP) is 6.05. The molecule has 0 radical (unpaired) electrons. The Hall–Kier alpha value is -1.98. The van der Waals surface area contributed by atoms with Crippen LogP contribution in [-0.4, -0.2) is 94.8 Å². The molecule has 2 aromatic rings. The molecule has 1 saturated heterocycles. The number of nitrogens with zero attached hydrogens (tertiary/aromatic N) is 3. The number of carbonyl (C=O) groups excluding carboxylic acids is 1. The molecular weight excluding hydrogens is 645 g/mol. The maximum Gasteiger partial charge on any atom is 0.240 e. The van der Waals surface area contributed by atoms with E-state index in [1.54, 1.807) is 23.7 Å². The van der Waals surface area contributed by atoms with E-state index in [0.29, 0.717) is 41.7 Å². The Morgan fingerprint density at radius 2 is 1.80 bits per heavy atom. The second-order valence-electron chi connectivity index (χ2n) is 16.8. The van der Waals surface area contributed by atoms with Crippen LogP contribution in [0, 0.1) is 35.0 Å². The number of nitrogens with one attached hydrogen (secondary N) is 1. The molecular formula is C41H64N4O4S. The molecule has 2 bridgehead atoms. The molecule has 0 aromatic heterocycles. The standard InChI is InChI=1S/C41H64N4O4S/c1-26(2)17-33(24-43(7)8)44(23-31-15-10-11-16-37(31)50-9)21-29-13-12-14-30(18-29)22-45-39(38(28(4)47)36(25-46)49-45)40(48)42-35-20-32-19-34(27(35)3)41(32,5)6/h10-16,18,26-28,32-36,38-39,46-47H,17,19-25H2,1-9H3,(H,42,48)/t27-,28+,32+,33+,34+,35+,36+,38-,39+/m1/s1. The van der Waals surface area contributed by atoms with Gasteiger partial charge in [-0.25, -0.2) is 0 Å². The number of rotatable bonds is 16. The fraction of sp³-hybridized carbons (Fsp3) is 0.683. The second kappa shape index (κ2) is 16.8. The highest BCUT2D eigenvalue weighted by atomic mass is 32.2. The maximum absolute atomic E-state index is 14.2. The highest BCUT2D eigenvalue weighted by Crippen LogP contribution is 2.61. The Kier molecular flexibility index (Phi) is 13.2. The average Bonchev–Trinajstić information content (AvgIpc) is 3.43. The van der Waals surface area contributed by atoms with E-state index in [1.807, 2.05) is 0 Å². The van der Waals surface area contributed by atoms with Gasteiger partial charge < -0.3 is 20.4 Å². The van der Waals surface area contributed by atoms with Gasteiger partial charge in [0.1, 0.15) is 12.1 Å². The van der Waals surface area contributed by atoms with Gasteiger partial charge in [0.05, 0.1) is 19.3 Å². The molecule has 1 heterocycles. The minimum Gasteiger partial charge on any atom is -0.394 e. The molecule has 3 N–H and O–H groups in total. The fourth-order valence-corrected chi connectivity index (χ4v) is 10.0. The van der Waals surface area contributed by atoms with Gasteiger partial charge in [0, 0.05) is 42.5 Å². The number of carbonyl (C=O) groups is 1. The van der Waals surface area contributed by atoms with Gasteiger partial charge in [0.2, 0.25) is 5.91 Å². The smallest absolute Gasteiger partial charge is 0.240 e. The van der Waals surface area contributed by atoms with Crippen molar-refractivity contribution in [3.63, 3.8) is 0 Å². The number of likely N-dealkylation sites (N-methyl/N-ethyl adjacent to an activating group) is 1. The van der Waals surface area contributed by atoms with E-state index in [4.69, 9.17) is 4.84 Å². The summed E-state index contributed by atoms with van der Waals surface area (Å²) in [4.78, 5) is 26.7. The van der Waals surface area contributed by atoms with Crippen molar-refractivity contribution in [3.05, 3.63) is 65.2 Å².